The third-order valence-electron chi connectivity index (χ3n) is 4.62. The average molecular weight is 369 g/mol. The van der Waals surface area contributed by atoms with Gasteiger partial charge in [0.05, 0.1) is 6.61 Å². The number of anilines is 3. The van der Waals surface area contributed by atoms with Gasteiger partial charge in [-0.25, -0.2) is 9.78 Å². The molecule has 1 aromatic carbocycles. The van der Waals surface area contributed by atoms with E-state index in [2.05, 4.69) is 33.6 Å². The monoisotopic (exact) mass is 369 g/mol. The zero-order valence-corrected chi connectivity index (χ0v) is 16.2. The van der Waals surface area contributed by atoms with Crippen molar-refractivity contribution in [2.24, 2.45) is 0 Å². The highest BCUT2D eigenvalue weighted by molar-refractivity contribution is 5.67. The Morgan fingerprint density at radius 2 is 1.96 bits per heavy atom. The summed E-state index contributed by atoms with van der Waals surface area (Å²) in [4.78, 5) is 22.7. The number of carbonyl (C=O) groups excluding carboxylic acids is 1. The lowest BCUT2D eigenvalue weighted by molar-refractivity contribution is 0.0983. The van der Waals surface area contributed by atoms with E-state index in [1.807, 2.05) is 38.1 Å². The van der Waals surface area contributed by atoms with Crippen molar-refractivity contribution in [3.63, 3.8) is 0 Å². The smallest absolute Gasteiger partial charge is 0.409 e. The molecular weight excluding hydrogens is 342 g/mol. The third-order valence-corrected chi connectivity index (χ3v) is 4.62. The molecule has 1 aliphatic heterocycles. The Bertz CT molecular complexity index is 788. The van der Waals surface area contributed by atoms with Gasteiger partial charge in [-0.1, -0.05) is 18.2 Å². The topological polar surface area (TPSA) is 79.4 Å². The molecule has 0 bridgehead atoms. The van der Waals surface area contributed by atoms with Crippen molar-refractivity contribution in [1.82, 2.24) is 14.9 Å². The number of carbonyl (C=O) groups is 1. The molecule has 144 valence electrons. The van der Waals surface area contributed by atoms with Crippen molar-refractivity contribution < 1.29 is 9.53 Å². The highest BCUT2D eigenvalue weighted by Crippen LogP contribution is 2.21. The second kappa shape index (κ2) is 8.70. The minimum Gasteiger partial charge on any atom is -0.450 e. The van der Waals surface area contributed by atoms with Gasteiger partial charge in [-0.15, -0.1) is 0 Å². The third kappa shape index (κ3) is 5.09. The molecule has 1 aromatic heterocycles. The molecule has 7 heteroatoms. The van der Waals surface area contributed by atoms with Crippen LogP contribution in [0, 0.1) is 13.8 Å². The van der Waals surface area contributed by atoms with Crippen LogP contribution < -0.4 is 10.6 Å². The summed E-state index contributed by atoms with van der Waals surface area (Å²) in [6.07, 6.45) is 1.46. The first kappa shape index (κ1) is 18.9. The summed E-state index contributed by atoms with van der Waals surface area (Å²) in [6.45, 7) is 7.61. The van der Waals surface area contributed by atoms with E-state index in [4.69, 9.17) is 4.74 Å². The molecule has 0 atom stereocenters. The fourth-order valence-electron chi connectivity index (χ4n) is 3.15. The van der Waals surface area contributed by atoms with Crippen LogP contribution in [0.1, 0.15) is 31.0 Å². The summed E-state index contributed by atoms with van der Waals surface area (Å²) in [7, 11) is 0. The van der Waals surface area contributed by atoms with Crippen molar-refractivity contribution in [3.8, 4) is 0 Å². The Hall–Kier alpha value is -2.83. The van der Waals surface area contributed by atoms with Crippen molar-refractivity contribution in [2.75, 3.05) is 30.3 Å². The molecular formula is C20H27N5O2. The summed E-state index contributed by atoms with van der Waals surface area (Å²) in [6, 6.07) is 10.3. The van der Waals surface area contributed by atoms with Crippen LogP contribution in [0.15, 0.2) is 30.3 Å². The second-order valence-corrected chi connectivity index (χ2v) is 6.76. The Labute approximate surface area is 160 Å². The van der Waals surface area contributed by atoms with Gasteiger partial charge in [0.15, 0.2) is 0 Å². The fraction of sp³-hybridized carbons (Fsp3) is 0.450. The van der Waals surface area contributed by atoms with Crippen LogP contribution in [0.25, 0.3) is 0 Å². The van der Waals surface area contributed by atoms with Gasteiger partial charge in [-0.3, -0.25) is 0 Å². The number of likely N-dealkylation sites (tertiary alicyclic amines) is 1. The van der Waals surface area contributed by atoms with E-state index in [0.717, 1.165) is 35.6 Å². The van der Waals surface area contributed by atoms with Gasteiger partial charge < -0.3 is 20.3 Å². The van der Waals surface area contributed by atoms with Crippen LogP contribution in [0.4, 0.5) is 22.2 Å². The summed E-state index contributed by atoms with van der Waals surface area (Å²) >= 11 is 0. The molecule has 0 saturated carbocycles. The van der Waals surface area contributed by atoms with Crippen molar-refractivity contribution in [1.29, 1.82) is 0 Å². The molecule has 2 aromatic rings. The first-order valence-electron chi connectivity index (χ1n) is 9.41. The lowest BCUT2D eigenvalue weighted by Gasteiger charge is -2.31. The quantitative estimate of drug-likeness (QED) is 0.833. The Kier molecular flexibility index (Phi) is 6.11. The Morgan fingerprint density at radius 1 is 1.22 bits per heavy atom. The number of nitrogens with zero attached hydrogens (tertiary/aromatic N) is 3. The zero-order valence-electron chi connectivity index (χ0n) is 16.2. The van der Waals surface area contributed by atoms with Crippen LogP contribution in [-0.4, -0.2) is 46.7 Å². The molecule has 0 aliphatic carbocycles. The number of hydrogen-bond acceptors (Lipinski definition) is 6. The first-order valence-corrected chi connectivity index (χ1v) is 9.41. The van der Waals surface area contributed by atoms with Gasteiger partial charge in [0, 0.05) is 36.6 Å². The number of ether oxygens (including phenoxy) is 1. The summed E-state index contributed by atoms with van der Waals surface area (Å²) in [5.41, 5.74) is 3.09. The molecule has 27 heavy (non-hydrogen) atoms. The molecule has 2 heterocycles. The zero-order chi connectivity index (χ0) is 19.2. The molecule has 1 amide bonds. The molecule has 3 rings (SSSR count). The fourth-order valence-corrected chi connectivity index (χ4v) is 3.15. The maximum Gasteiger partial charge on any atom is 0.409 e. The van der Waals surface area contributed by atoms with Gasteiger partial charge in [0.25, 0.3) is 0 Å². The number of benzene rings is 1. The van der Waals surface area contributed by atoms with Crippen LogP contribution in [0.5, 0.6) is 0 Å². The van der Waals surface area contributed by atoms with E-state index in [1.165, 1.54) is 0 Å². The van der Waals surface area contributed by atoms with Crippen LogP contribution in [0.2, 0.25) is 0 Å². The molecule has 0 unspecified atom stereocenters. The molecule has 0 radical (unpaired) electrons. The van der Waals surface area contributed by atoms with Crippen LogP contribution in [0.3, 0.4) is 0 Å². The predicted octanol–water partition coefficient (Wildman–Crippen LogP) is 3.87. The summed E-state index contributed by atoms with van der Waals surface area (Å²) < 4.78 is 5.07. The number of amides is 1. The molecule has 1 fully saturated rings. The van der Waals surface area contributed by atoms with Gasteiger partial charge in [0.2, 0.25) is 5.95 Å². The van der Waals surface area contributed by atoms with Crippen LogP contribution in [-0.2, 0) is 4.74 Å². The lowest BCUT2D eigenvalue weighted by Crippen LogP contribution is -2.42. The number of nitrogens with one attached hydrogen (secondary N) is 2. The number of rotatable bonds is 5. The maximum atomic E-state index is 11.8. The van der Waals surface area contributed by atoms with E-state index in [9.17, 15) is 4.79 Å². The van der Waals surface area contributed by atoms with E-state index >= 15 is 0 Å². The molecule has 2 N–H and O–H groups in total. The minimum absolute atomic E-state index is 0.229. The predicted molar refractivity (Wildman–Crippen MR) is 106 cm³/mol. The van der Waals surface area contributed by atoms with Gasteiger partial charge in [0.1, 0.15) is 5.82 Å². The number of aromatic nitrogens is 2. The van der Waals surface area contributed by atoms with E-state index in [0.29, 0.717) is 25.6 Å². The Balaban J connectivity index is 1.62. The normalized spacial score (nSPS) is 14.7. The number of piperidine rings is 1. The van der Waals surface area contributed by atoms with Gasteiger partial charge in [-0.05, 0) is 45.2 Å². The van der Waals surface area contributed by atoms with Crippen molar-refractivity contribution >= 4 is 23.5 Å². The Morgan fingerprint density at radius 3 is 2.67 bits per heavy atom. The highest BCUT2D eigenvalue weighted by Gasteiger charge is 2.24. The van der Waals surface area contributed by atoms with E-state index in [1.54, 1.807) is 4.90 Å². The highest BCUT2D eigenvalue weighted by atomic mass is 16.6. The maximum absolute atomic E-state index is 11.8. The number of para-hydroxylation sites is 1. The summed E-state index contributed by atoms with van der Waals surface area (Å²) in [5.74, 6) is 1.38. The van der Waals surface area contributed by atoms with Gasteiger partial charge in [-0.2, -0.15) is 4.98 Å². The number of hydrogen-bond donors (Lipinski definition) is 2. The van der Waals surface area contributed by atoms with E-state index in [-0.39, 0.29) is 12.1 Å². The SMILES string of the molecule is CCOC(=O)N1CCC(Nc2nc(C)cc(Nc3ccccc3C)n2)CC1. The second-order valence-electron chi connectivity index (χ2n) is 6.76. The molecule has 1 saturated heterocycles. The average Bonchev–Trinajstić information content (AvgIpc) is 2.64. The van der Waals surface area contributed by atoms with E-state index < -0.39 is 0 Å². The summed E-state index contributed by atoms with van der Waals surface area (Å²) in [5, 5.41) is 6.78. The molecule has 0 spiro atoms. The van der Waals surface area contributed by atoms with Crippen molar-refractivity contribution in [3.05, 3.63) is 41.6 Å². The van der Waals surface area contributed by atoms with Gasteiger partial charge >= 0.3 is 6.09 Å². The standard InChI is InChI=1S/C20H27N5O2/c1-4-27-20(26)25-11-9-16(10-12-25)22-19-21-15(3)13-18(24-19)23-17-8-6-5-7-14(17)2/h5-8,13,16H,4,9-12H2,1-3H3,(H2,21,22,23,24). The minimum atomic E-state index is -0.229. The molecule has 7 nitrogen and oxygen atoms in total. The largest absolute Gasteiger partial charge is 0.450 e. The molecule has 1 aliphatic rings. The number of aryl methyl sites for hydroxylation is 2. The lowest BCUT2D eigenvalue weighted by atomic mass is 10.1. The first-order chi connectivity index (χ1) is 13.0. The van der Waals surface area contributed by atoms with Crippen LogP contribution >= 0.6 is 0 Å². The van der Waals surface area contributed by atoms with Crippen molar-refractivity contribution in [2.45, 2.75) is 39.7 Å².